The highest BCUT2D eigenvalue weighted by atomic mass is 16.5. The van der Waals surface area contributed by atoms with Crippen molar-refractivity contribution in [2.75, 3.05) is 13.7 Å². The number of nitrogens with one attached hydrogen (secondary N) is 1. The molecule has 4 heteroatoms. The van der Waals surface area contributed by atoms with Crippen LogP contribution in [0, 0.1) is 6.92 Å². The van der Waals surface area contributed by atoms with Gasteiger partial charge in [-0.25, -0.2) is 5.43 Å². The van der Waals surface area contributed by atoms with Gasteiger partial charge >= 0.3 is 0 Å². The average Bonchev–Trinajstić information content (AvgIpc) is 2.42. The molecule has 1 atom stereocenters. The number of benzene rings is 1. The van der Waals surface area contributed by atoms with E-state index in [1.54, 1.807) is 7.11 Å². The maximum Gasteiger partial charge on any atom is 0.122 e. The first-order chi connectivity index (χ1) is 8.76. The first-order valence-electron chi connectivity index (χ1n) is 6.19. The summed E-state index contributed by atoms with van der Waals surface area (Å²) in [6.07, 6.45) is 4.20. The predicted octanol–water partition coefficient (Wildman–Crippen LogP) is 2.20. The number of methoxy groups -OCH3 is 1. The fraction of sp³-hybridized carbons (Fsp3) is 0.429. The molecular weight excluding hydrogens is 228 g/mol. The number of aryl methyl sites for hydroxylation is 1. The van der Waals surface area contributed by atoms with Crippen LogP contribution in [0.1, 0.15) is 30.0 Å². The Kier molecular flexibility index (Phi) is 4.23. The maximum absolute atomic E-state index is 5.67. The van der Waals surface area contributed by atoms with E-state index in [9.17, 15) is 0 Å². The summed E-state index contributed by atoms with van der Waals surface area (Å²) < 4.78 is 11.0. The van der Waals surface area contributed by atoms with Gasteiger partial charge in [-0.2, -0.15) is 0 Å². The number of rotatable bonds is 4. The van der Waals surface area contributed by atoms with Gasteiger partial charge in [0.1, 0.15) is 17.6 Å². The number of hydrogen-bond donors (Lipinski definition) is 2. The Hall–Kier alpha value is -1.52. The van der Waals surface area contributed by atoms with Crippen molar-refractivity contribution in [3.05, 3.63) is 41.2 Å². The van der Waals surface area contributed by atoms with Crippen LogP contribution in [0.4, 0.5) is 0 Å². The molecule has 1 unspecified atom stereocenters. The number of nitrogens with two attached hydrogens (primary N) is 1. The Morgan fingerprint density at radius 3 is 2.89 bits per heavy atom. The van der Waals surface area contributed by atoms with Crippen LogP contribution in [0.5, 0.6) is 5.75 Å². The quantitative estimate of drug-likeness (QED) is 0.633. The molecule has 1 aromatic rings. The molecule has 0 bridgehead atoms. The third kappa shape index (κ3) is 2.66. The minimum Gasteiger partial charge on any atom is -0.496 e. The van der Waals surface area contributed by atoms with E-state index in [2.05, 4.69) is 11.5 Å². The second kappa shape index (κ2) is 5.89. The van der Waals surface area contributed by atoms with Crippen molar-refractivity contribution >= 4 is 0 Å². The summed E-state index contributed by atoms with van der Waals surface area (Å²) in [6, 6.07) is 5.96. The van der Waals surface area contributed by atoms with Gasteiger partial charge in [0.25, 0.3) is 0 Å². The molecule has 0 radical (unpaired) electrons. The van der Waals surface area contributed by atoms with Gasteiger partial charge in [-0.1, -0.05) is 12.1 Å². The first-order valence-corrected chi connectivity index (χ1v) is 6.19. The van der Waals surface area contributed by atoms with Gasteiger partial charge in [0.15, 0.2) is 0 Å². The molecule has 1 aliphatic heterocycles. The lowest BCUT2D eigenvalue weighted by Crippen LogP contribution is -2.31. The maximum atomic E-state index is 5.67. The van der Waals surface area contributed by atoms with Crippen LogP contribution in [0.3, 0.4) is 0 Å². The molecule has 0 saturated heterocycles. The molecule has 98 valence electrons. The molecule has 1 aromatic carbocycles. The monoisotopic (exact) mass is 248 g/mol. The minimum atomic E-state index is -0.111. The first kappa shape index (κ1) is 12.9. The van der Waals surface area contributed by atoms with Crippen molar-refractivity contribution < 1.29 is 9.47 Å². The Bertz CT molecular complexity index is 443. The standard InChI is InChI=1S/C14H20N2O2/c1-10-6-7-11(9-13(10)17-2)14(16-15)12-5-3-4-8-18-12/h5-7,9,14,16H,3-4,8,15H2,1-2H3. The largest absolute Gasteiger partial charge is 0.496 e. The second-order valence-corrected chi connectivity index (χ2v) is 4.43. The average molecular weight is 248 g/mol. The van der Waals surface area contributed by atoms with E-state index in [-0.39, 0.29) is 6.04 Å². The van der Waals surface area contributed by atoms with Crippen LogP contribution in [0.25, 0.3) is 0 Å². The minimum absolute atomic E-state index is 0.111. The van der Waals surface area contributed by atoms with Gasteiger partial charge < -0.3 is 9.47 Å². The summed E-state index contributed by atoms with van der Waals surface area (Å²) >= 11 is 0. The topological polar surface area (TPSA) is 56.5 Å². The second-order valence-electron chi connectivity index (χ2n) is 4.43. The van der Waals surface area contributed by atoms with Crippen LogP contribution in [0.15, 0.2) is 30.0 Å². The van der Waals surface area contributed by atoms with E-state index in [4.69, 9.17) is 15.3 Å². The number of hydrazine groups is 1. The summed E-state index contributed by atoms with van der Waals surface area (Å²) in [7, 11) is 1.67. The fourth-order valence-electron chi connectivity index (χ4n) is 2.14. The summed E-state index contributed by atoms with van der Waals surface area (Å²) in [6.45, 7) is 2.77. The molecule has 1 aliphatic rings. The van der Waals surface area contributed by atoms with Crippen molar-refractivity contribution in [3.8, 4) is 5.75 Å². The van der Waals surface area contributed by atoms with E-state index < -0.39 is 0 Å². The van der Waals surface area contributed by atoms with E-state index in [0.717, 1.165) is 42.1 Å². The van der Waals surface area contributed by atoms with E-state index in [1.165, 1.54) is 0 Å². The molecule has 1 heterocycles. The summed E-state index contributed by atoms with van der Waals surface area (Å²) in [4.78, 5) is 0. The van der Waals surface area contributed by atoms with Gasteiger partial charge in [-0.3, -0.25) is 5.84 Å². The van der Waals surface area contributed by atoms with Crippen LogP contribution in [-0.2, 0) is 4.74 Å². The molecule has 0 fully saturated rings. The highest BCUT2D eigenvalue weighted by molar-refractivity contribution is 5.39. The number of hydrogen-bond acceptors (Lipinski definition) is 4. The van der Waals surface area contributed by atoms with Gasteiger partial charge in [0, 0.05) is 0 Å². The van der Waals surface area contributed by atoms with Crippen LogP contribution < -0.4 is 16.0 Å². The molecule has 2 rings (SSSR count). The predicted molar refractivity (Wildman–Crippen MR) is 71.1 cm³/mol. The molecule has 3 N–H and O–H groups in total. The van der Waals surface area contributed by atoms with E-state index in [1.807, 2.05) is 25.1 Å². The molecular formula is C14H20N2O2. The highest BCUT2D eigenvalue weighted by Gasteiger charge is 2.19. The zero-order valence-corrected chi connectivity index (χ0v) is 10.9. The van der Waals surface area contributed by atoms with Crippen molar-refractivity contribution in [2.24, 2.45) is 5.84 Å². The fourth-order valence-corrected chi connectivity index (χ4v) is 2.14. The van der Waals surface area contributed by atoms with Crippen LogP contribution in [0.2, 0.25) is 0 Å². The number of allylic oxidation sites excluding steroid dienone is 1. The van der Waals surface area contributed by atoms with Crippen molar-refractivity contribution in [1.82, 2.24) is 5.43 Å². The van der Waals surface area contributed by atoms with Gasteiger partial charge in [-0.15, -0.1) is 0 Å². The molecule has 0 spiro atoms. The molecule has 0 saturated carbocycles. The lowest BCUT2D eigenvalue weighted by Gasteiger charge is -2.24. The SMILES string of the molecule is COc1cc(C(NN)C2=CCCCO2)ccc1C. The Morgan fingerprint density at radius 2 is 2.28 bits per heavy atom. The highest BCUT2D eigenvalue weighted by Crippen LogP contribution is 2.29. The smallest absolute Gasteiger partial charge is 0.122 e. The van der Waals surface area contributed by atoms with Crippen LogP contribution >= 0.6 is 0 Å². The summed E-state index contributed by atoms with van der Waals surface area (Å²) in [5, 5.41) is 0. The third-order valence-electron chi connectivity index (χ3n) is 3.18. The lowest BCUT2D eigenvalue weighted by atomic mass is 10.0. The molecule has 0 aliphatic carbocycles. The normalized spacial score (nSPS) is 16.7. The number of ether oxygens (including phenoxy) is 2. The lowest BCUT2D eigenvalue weighted by molar-refractivity contribution is 0.168. The van der Waals surface area contributed by atoms with Crippen LogP contribution in [-0.4, -0.2) is 13.7 Å². The van der Waals surface area contributed by atoms with E-state index >= 15 is 0 Å². The zero-order valence-electron chi connectivity index (χ0n) is 10.9. The van der Waals surface area contributed by atoms with Gasteiger partial charge in [0.05, 0.1) is 13.7 Å². The van der Waals surface area contributed by atoms with E-state index in [0.29, 0.717) is 0 Å². The molecule has 4 nitrogen and oxygen atoms in total. The third-order valence-corrected chi connectivity index (χ3v) is 3.18. The summed E-state index contributed by atoms with van der Waals surface area (Å²) in [5.41, 5.74) is 4.97. The zero-order chi connectivity index (χ0) is 13.0. The van der Waals surface area contributed by atoms with Gasteiger partial charge in [0.2, 0.25) is 0 Å². The summed E-state index contributed by atoms with van der Waals surface area (Å²) in [5.74, 6) is 7.42. The van der Waals surface area contributed by atoms with Crippen molar-refractivity contribution in [1.29, 1.82) is 0 Å². The molecule has 0 amide bonds. The Balaban J connectivity index is 2.29. The van der Waals surface area contributed by atoms with Gasteiger partial charge in [-0.05, 0) is 43.0 Å². The van der Waals surface area contributed by atoms with Crippen molar-refractivity contribution in [3.63, 3.8) is 0 Å². The molecule has 18 heavy (non-hydrogen) atoms. The molecule has 0 aromatic heterocycles. The Morgan fingerprint density at radius 1 is 1.44 bits per heavy atom. The van der Waals surface area contributed by atoms with Crippen molar-refractivity contribution in [2.45, 2.75) is 25.8 Å². The Labute approximate surface area is 108 Å².